The number of para-hydroxylation sites is 1. The summed E-state index contributed by atoms with van der Waals surface area (Å²) in [6, 6.07) is 8.68. The maximum atomic E-state index is 14.0. The highest BCUT2D eigenvalue weighted by Crippen LogP contribution is 2.35. The van der Waals surface area contributed by atoms with Crippen LogP contribution < -0.4 is 4.74 Å². The van der Waals surface area contributed by atoms with Gasteiger partial charge in [0.2, 0.25) is 0 Å². The van der Waals surface area contributed by atoms with E-state index in [0.29, 0.717) is 22.9 Å². The van der Waals surface area contributed by atoms with Crippen LogP contribution in [-0.4, -0.2) is 18.4 Å². The Balaban J connectivity index is 2.41. The second kappa shape index (κ2) is 5.01. The SMILES string of the molecule is COc1cccc2c(C=O)c(-c3c(F)cccc3F)[nH]c12. The van der Waals surface area contributed by atoms with Crippen molar-refractivity contribution < 1.29 is 18.3 Å². The normalized spacial score (nSPS) is 10.8. The molecule has 1 aromatic heterocycles. The molecule has 1 N–H and O–H groups in total. The Kier molecular flexibility index (Phi) is 3.17. The van der Waals surface area contributed by atoms with Gasteiger partial charge in [-0.15, -0.1) is 0 Å². The number of H-pyrrole nitrogens is 1. The summed E-state index contributed by atoms with van der Waals surface area (Å²) in [6.45, 7) is 0. The minimum Gasteiger partial charge on any atom is -0.495 e. The second-order valence-corrected chi connectivity index (χ2v) is 4.51. The van der Waals surface area contributed by atoms with Crippen molar-refractivity contribution >= 4 is 17.2 Å². The molecular weight excluding hydrogens is 276 g/mol. The quantitative estimate of drug-likeness (QED) is 0.741. The number of fused-ring (bicyclic) bond motifs is 1. The van der Waals surface area contributed by atoms with Gasteiger partial charge in [0.15, 0.2) is 6.29 Å². The predicted octanol–water partition coefficient (Wildman–Crippen LogP) is 3.93. The molecule has 0 saturated carbocycles. The van der Waals surface area contributed by atoms with Crippen LogP contribution in [0.15, 0.2) is 36.4 Å². The van der Waals surface area contributed by atoms with E-state index in [4.69, 9.17) is 4.74 Å². The van der Waals surface area contributed by atoms with E-state index in [9.17, 15) is 13.6 Å². The Bertz CT molecular complexity index is 819. The van der Waals surface area contributed by atoms with Crippen LogP contribution in [0.4, 0.5) is 8.78 Å². The minimum atomic E-state index is -0.733. The molecule has 0 unspecified atom stereocenters. The highest BCUT2D eigenvalue weighted by molar-refractivity contribution is 6.06. The molecule has 3 aromatic rings. The molecule has 1 heterocycles. The summed E-state index contributed by atoms with van der Waals surface area (Å²) in [5.74, 6) is -0.967. The average molecular weight is 287 g/mol. The van der Waals surface area contributed by atoms with Gasteiger partial charge >= 0.3 is 0 Å². The van der Waals surface area contributed by atoms with Gasteiger partial charge in [-0.1, -0.05) is 18.2 Å². The number of methoxy groups -OCH3 is 1. The number of halogens is 2. The number of aromatic nitrogens is 1. The maximum Gasteiger partial charge on any atom is 0.152 e. The van der Waals surface area contributed by atoms with E-state index in [1.807, 2.05) is 0 Å². The van der Waals surface area contributed by atoms with Gasteiger partial charge < -0.3 is 9.72 Å². The molecule has 0 aliphatic carbocycles. The lowest BCUT2D eigenvalue weighted by Gasteiger charge is -2.03. The monoisotopic (exact) mass is 287 g/mol. The van der Waals surface area contributed by atoms with Crippen molar-refractivity contribution in [3.8, 4) is 17.0 Å². The van der Waals surface area contributed by atoms with Crippen LogP contribution in [0, 0.1) is 11.6 Å². The molecule has 0 atom stereocenters. The number of aromatic amines is 1. The summed E-state index contributed by atoms with van der Waals surface area (Å²) in [7, 11) is 1.49. The summed E-state index contributed by atoms with van der Waals surface area (Å²) >= 11 is 0. The molecular formula is C16H11F2NO2. The van der Waals surface area contributed by atoms with Crippen molar-refractivity contribution in [1.82, 2.24) is 4.98 Å². The molecule has 0 bridgehead atoms. The molecule has 2 aromatic carbocycles. The number of aldehydes is 1. The lowest BCUT2D eigenvalue weighted by atomic mass is 10.1. The van der Waals surface area contributed by atoms with E-state index in [-0.39, 0.29) is 16.8 Å². The predicted molar refractivity (Wildman–Crippen MR) is 75.6 cm³/mol. The van der Waals surface area contributed by atoms with Gasteiger partial charge in [-0.3, -0.25) is 4.79 Å². The maximum absolute atomic E-state index is 14.0. The Morgan fingerprint density at radius 1 is 1.10 bits per heavy atom. The largest absolute Gasteiger partial charge is 0.495 e. The number of ether oxygens (including phenoxy) is 1. The van der Waals surface area contributed by atoms with Crippen molar-refractivity contribution in [3.63, 3.8) is 0 Å². The summed E-state index contributed by atoms with van der Waals surface area (Å²) in [6.07, 6.45) is 0.583. The van der Waals surface area contributed by atoms with Gasteiger partial charge in [0.25, 0.3) is 0 Å². The third-order valence-corrected chi connectivity index (χ3v) is 3.39. The topological polar surface area (TPSA) is 42.1 Å². The first-order chi connectivity index (χ1) is 10.2. The second-order valence-electron chi connectivity index (χ2n) is 4.51. The molecule has 21 heavy (non-hydrogen) atoms. The summed E-state index contributed by atoms with van der Waals surface area (Å²) in [5, 5.41) is 0.557. The fraction of sp³-hybridized carbons (Fsp3) is 0.0625. The van der Waals surface area contributed by atoms with Crippen molar-refractivity contribution in [2.45, 2.75) is 0 Å². The third-order valence-electron chi connectivity index (χ3n) is 3.39. The Labute approximate surface area is 119 Å². The lowest BCUT2D eigenvalue weighted by molar-refractivity contribution is 0.112. The Hall–Kier alpha value is -2.69. The van der Waals surface area contributed by atoms with Crippen LogP contribution in [0.1, 0.15) is 10.4 Å². The highest BCUT2D eigenvalue weighted by Gasteiger charge is 2.20. The summed E-state index contributed by atoms with van der Waals surface area (Å²) < 4.78 is 33.1. The molecule has 5 heteroatoms. The van der Waals surface area contributed by atoms with Crippen LogP contribution in [0.3, 0.4) is 0 Å². The molecule has 0 radical (unpaired) electrons. The molecule has 0 aliphatic heterocycles. The van der Waals surface area contributed by atoms with Crippen LogP contribution in [0.25, 0.3) is 22.2 Å². The zero-order chi connectivity index (χ0) is 15.0. The number of benzene rings is 2. The Morgan fingerprint density at radius 2 is 1.76 bits per heavy atom. The molecule has 0 saturated heterocycles. The fourth-order valence-corrected chi connectivity index (χ4v) is 2.44. The van der Waals surface area contributed by atoms with E-state index in [2.05, 4.69) is 4.98 Å². The Morgan fingerprint density at radius 3 is 2.38 bits per heavy atom. The third kappa shape index (κ3) is 1.98. The molecule has 0 fully saturated rings. The molecule has 3 nitrogen and oxygen atoms in total. The van der Waals surface area contributed by atoms with Gasteiger partial charge in [-0.25, -0.2) is 8.78 Å². The fourth-order valence-electron chi connectivity index (χ4n) is 2.44. The number of carbonyl (C=O) groups excluding carboxylic acids is 1. The van der Waals surface area contributed by atoms with Crippen LogP contribution in [-0.2, 0) is 0 Å². The van der Waals surface area contributed by atoms with E-state index < -0.39 is 11.6 Å². The van der Waals surface area contributed by atoms with Gasteiger partial charge in [0, 0.05) is 10.9 Å². The molecule has 0 aliphatic rings. The van der Waals surface area contributed by atoms with E-state index >= 15 is 0 Å². The number of carbonyl (C=O) groups is 1. The van der Waals surface area contributed by atoms with Crippen LogP contribution in [0.5, 0.6) is 5.75 Å². The van der Waals surface area contributed by atoms with Crippen molar-refractivity contribution in [2.24, 2.45) is 0 Å². The van der Waals surface area contributed by atoms with Crippen LogP contribution >= 0.6 is 0 Å². The number of hydrogen-bond donors (Lipinski definition) is 1. The standard InChI is InChI=1S/C16H11F2NO2/c1-21-13-7-2-4-9-10(8-20)16(19-15(9)13)14-11(17)5-3-6-12(14)18/h2-8,19H,1H3. The zero-order valence-electron chi connectivity index (χ0n) is 11.1. The zero-order valence-corrected chi connectivity index (χ0v) is 11.1. The van der Waals surface area contributed by atoms with Crippen molar-refractivity contribution in [3.05, 3.63) is 53.6 Å². The van der Waals surface area contributed by atoms with Gasteiger partial charge in [-0.2, -0.15) is 0 Å². The lowest BCUT2D eigenvalue weighted by Crippen LogP contribution is -1.93. The van der Waals surface area contributed by atoms with E-state index in [0.717, 1.165) is 12.1 Å². The van der Waals surface area contributed by atoms with E-state index in [1.165, 1.54) is 13.2 Å². The first-order valence-electron chi connectivity index (χ1n) is 6.25. The van der Waals surface area contributed by atoms with Crippen molar-refractivity contribution in [2.75, 3.05) is 7.11 Å². The first-order valence-corrected chi connectivity index (χ1v) is 6.25. The average Bonchev–Trinajstić information content (AvgIpc) is 2.85. The molecule has 106 valence electrons. The smallest absolute Gasteiger partial charge is 0.152 e. The van der Waals surface area contributed by atoms with Gasteiger partial charge in [0.1, 0.15) is 17.4 Å². The number of nitrogens with one attached hydrogen (secondary N) is 1. The summed E-state index contributed by atoms with van der Waals surface area (Å²) in [4.78, 5) is 14.3. The van der Waals surface area contributed by atoms with Gasteiger partial charge in [0.05, 0.1) is 23.9 Å². The summed E-state index contributed by atoms with van der Waals surface area (Å²) in [5.41, 5.74) is 0.589. The highest BCUT2D eigenvalue weighted by atomic mass is 19.1. The number of hydrogen-bond acceptors (Lipinski definition) is 2. The van der Waals surface area contributed by atoms with Gasteiger partial charge in [-0.05, 0) is 18.2 Å². The molecule has 3 rings (SSSR count). The van der Waals surface area contributed by atoms with E-state index in [1.54, 1.807) is 18.2 Å². The molecule has 0 amide bonds. The first kappa shape index (κ1) is 13.3. The van der Waals surface area contributed by atoms with Crippen LogP contribution in [0.2, 0.25) is 0 Å². The molecule has 0 spiro atoms. The van der Waals surface area contributed by atoms with Crippen molar-refractivity contribution in [1.29, 1.82) is 0 Å². The minimum absolute atomic E-state index is 0.111. The number of rotatable bonds is 3.